The highest BCUT2D eigenvalue weighted by Gasteiger charge is 2.34. The van der Waals surface area contributed by atoms with Crippen LogP contribution in [0.5, 0.6) is 5.75 Å². The van der Waals surface area contributed by atoms with Crippen molar-refractivity contribution in [1.29, 1.82) is 0 Å². The summed E-state index contributed by atoms with van der Waals surface area (Å²) in [6.45, 7) is 0.342. The number of carbonyl (C=O) groups is 1. The fraction of sp³-hybridized carbons (Fsp3) is 0.350. The second-order valence-electron chi connectivity index (χ2n) is 6.37. The number of carbonyl (C=O) groups excluding carboxylic acids is 1. The Balaban J connectivity index is 1.58. The molecule has 1 aliphatic rings. The predicted octanol–water partition coefficient (Wildman–Crippen LogP) is 2.45. The third kappa shape index (κ3) is 3.94. The van der Waals surface area contributed by atoms with Crippen molar-refractivity contribution in [1.82, 2.24) is 5.32 Å². The number of ether oxygens (including phenoxy) is 1. The lowest BCUT2D eigenvalue weighted by Crippen LogP contribution is -2.44. The molecule has 5 nitrogen and oxygen atoms in total. The minimum absolute atomic E-state index is 0.123. The zero-order chi connectivity index (χ0) is 17.7. The fourth-order valence-electron chi connectivity index (χ4n) is 3.36. The number of nitrogens with one attached hydrogen (secondary N) is 2. The maximum atomic E-state index is 12.2. The SMILES string of the molecule is COc1ccccc1NCC(=O)NCC1(O)CCCc2ccccc21. The van der Waals surface area contributed by atoms with Gasteiger partial charge in [-0.1, -0.05) is 36.4 Å². The standard InChI is InChI=1S/C20H24N2O3/c1-25-18-11-5-4-10-17(18)21-13-19(23)22-14-20(24)12-6-8-15-7-2-3-9-16(15)20/h2-5,7,9-11,21,24H,6,8,12-14H2,1H3,(H,22,23). The fourth-order valence-corrected chi connectivity index (χ4v) is 3.36. The Morgan fingerprint density at radius 2 is 1.96 bits per heavy atom. The van der Waals surface area contributed by atoms with Gasteiger partial charge in [0.1, 0.15) is 11.4 Å². The monoisotopic (exact) mass is 340 g/mol. The number of rotatable bonds is 6. The van der Waals surface area contributed by atoms with Crippen molar-refractivity contribution in [2.24, 2.45) is 0 Å². The molecule has 132 valence electrons. The van der Waals surface area contributed by atoms with Gasteiger partial charge in [0.15, 0.2) is 0 Å². The molecule has 5 heteroatoms. The van der Waals surface area contributed by atoms with Gasteiger partial charge in [-0.25, -0.2) is 0 Å². The van der Waals surface area contributed by atoms with E-state index in [9.17, 15) is 9.90 Å². The van der Waals surface area contributed by atoms with Gasteiger partial charge in [0.2, 0.25) is 5.91 Å². The lowest BCUT2D eigenvalue weighted by molar-refractivity contribution is -0.120. The Labute approximate surface area is 148 Å². The third-order valence-corrected chi connectivity index (χ3v) is 4.68. The maximum absolute atomic E-state index is 12.2. The molecule has 1 unspecified atom stereocenters. The van der Waals surface area contributed by atoms with Crippen molar-refractivity contribution in [3.8, 4) is 5.75 Å². The highest BCUT2D eigenvalue weighted by Crippen LogP contribution is 2.34. The summed E-state index contributed by atoms with van der Waals surface area (Å²) < 4.78 is 5.25. The van der Waals surface area contributed by atoms with Gasteiger partial charge in [-0.05, 0) is 42.5 Å². The molecule has 0 saturated heterocycles. The van der Waals surface area contributed by atoms with Crippen LogP contribution in [0, 0.1) is 0 Å². The van der Waals surface area contributed by atoms with Crippen molar-refractivity contribution < 1.29 is 14.6 Å². The van der Waals surface area contributed by atoms with Crippen molar-refractivity contribution in [3.63, 3.8) is 0 Å². The normalized spacial score (nSPS) is 19.0. The zero-order valence-electron chi connectivity index (χ0n) is 14.4. The first kappa shape index (κ1) is 17.3. The summed E-state index contributed by atoms with van der Waals surface area (Å²) in [7, 11) is 1.59. The molecule has 2 aromatic carbocycles. The number of fused-ring (bicyclic) bond motifs is 1. The van der Waals surface area contributed by atoms with E-state index in [1.54, 1.807) is 7.11 Å². The largest absolute Gasteiger partial charge is 0.495 e. The Morgan fingerprint density at radius 3 is 2.80 bits per heavy atom. The molecule has 3 N–H and O–H groups in total. The number of hydrogen-bond acceptors (Lipinski definition) is 4. The molecule has 0 aliphatic heterocycles. The van der Waals surface area contributed by atoms with Gasteiger partial charge in [0, 0.05) is 0 Å². The summed E-state index contributed by atoms with van der Waals surface area (Å²) in [4.78, 5) is 12.2. The molecular formula is C20H24N2O3. The maximum Gasteiger partial charge on any atom is 0.239 e. The van der Waals surface area contributed by atoms with Crippen LogP contribution in [-0.4, -0.2) is 31.2 Å². The van der Waals surface area contributed by atoms with Crippen molar-refractivity contribution >= 4 is 11.6 Å². The molecule has 0 bridgehead atoms. The number of anilines is 1. The molecule has 0 saturated carbocycles. The minimum Gasteiger partial charge on any atom is -0.495 e. The van der Waals surface area contributed by atoms with E-state index in [1.807, 2.05) is 48.5 Å². The van der Waals surface area contributed by atoms with Gasteiger partial charge < -0.3 is 20.5 Å². The topological polar surface area (TPSA) is 70.6 Å². The Hall–Kier alpha value is -2.53. The van der Waals surface area contributed by atoms with Crippen molar-refractivity contribution in [3.05, 3.63) is 59.7 Å². The van der Waals surface area contributed by atoms with Crippen LogP contribution in [0.1, 0.15) is 24.0 Å². The summed E-state index contributed by atoms with van der Waals surface area (Å²) in [5.41, 5.74) is 1.87. The first-order valence-electron chi connectivity index (χ1n) is 8.57. The Kier molecular flexibility index (Phi) is 5.24. The van der Waals surface area contributed by atoms with Crippen LogP contribution in [0.2, 0.25) is 0 Å². The molecule has 1 aliphatic carbocycles. The van der Waals surface area contributed by atoms with Crippen LogP contribution >= 0.6 is 0 Å². The van der Waals surface area contributed by atoms with E-state index in [1.165, 1.54) is 0 Å². The van der Waals surface area contributed by atoms with E-state index in [2.05, 4.69) is 10.6 Å². The highest BCUT2D eigenvalue weighted by atomic mass is 16.5. The van der Waals surface area contributed by atoms with E-state index in [0.717, 1.165) is 29.7 Å². The van der Waals surface area contributed by atoms with E-state index >= 15 is 0 Å². The number of amides is 1. The van der Waals surface area contributed by atoms with E-state index in [4.69, 9.17) is 4.74 Å². The van der Waals surface area contributed by atoms with Crippen molar-refractivity contribution in [2.75, 3.05) is 25.5 Å². The van der Waals surface area contributed by atoms with Gasteiger partial charge in [-0.3, -0.25) is 4.79 Å². The molecule has 25 heavy (non-hydrogen) atoms. The van der Waals surface area contributed by atoms with E-state index < -0.39 is 5.60 Å². The average Bonchev–Trinajstić information content (AvgIpc) is 2.65. The van der Waals surface area contributed by atoms with Crippen LogP contribution in [-0.2, 0) is 16.8 Å². The minimum atomic E-state index is -0.991. The van der Waals surface area contributed by atoms with Gasteiger partial charge >= 0.3 is 0 Å². The van der Waals surface area contributed by atoms with E-state index in [0.29, 0.717) is 12.2 Å². The van der Waals surface area contributed by atoms with Crippen LogP contribution in [0.15, 0.2) is 48.5 Å². The van der Waals surface area contributed by atoms with Gasteiger partial charge in [0.05, 0.1) is 25.9 Å². The lowest BCUT2D eigenvalue weighted by Gasteiger charge is -2.34. The molecule has 0 heterocycles. The molecule has 0 radical (unpaired) electrons. The second kappa shape index (κ2) is 7.57. The van der Waals surface area contributed by atoms with Gasteiger partial charge in [0.25, 0.3) is 0 Å². The number of methoxy groups -OCH3 is 1. The predicted molar refractivity (Wildman–Crippen MR) is 97.8 cm³/mol. The third-order valence-electron chi connectivity index (χ3n) is 4.68. The molecule has 3 rings (SSSR count). The second-order valence-corrected chi connectivity index (χ2v) is 6.37. The van der Waals surface area contributed by atoms with Gasteiger partial charge in [-0.15, -0.1) is 0 Å². The Morgan fingerprint density at radius 1 is 1.20 bits per heavy atom. The molecule has 1 atom stereocenters. The zero-order valence-corrected chi connectivity index (χ0v) is 14.4. The number of hydrogen-bond donors (Lipinski definition) is 3. The number of para-hydroxylation sites is 2. The average molecular weight is 340 g/mol. The quantitative estimate of drug-likeness (QED) is 0.755. The number of aliphatic hydroxyl groups is 1. The first-order valence-corrected chi connectivity index (χ1v) is 8.57. The van der Waals surface area contributed by atoms with Gasteiger partial charge in [-0.2, -0.15) is 0 Å². The lowest BCUT2D eigenvalue weighted by atomic mass is 9.79. The molecule has 0 fully saturated rings. The van der Waals surface area contributed by atoms with Crippen LogP contribution in [0.3, 0.4) is 0 Å². The van der Waals surface area contributed by atoms with Crippen LogP contribution in [0.25, 0.3) is 0 Å². The first-order chi connectivity index (χ1) is 12.1. The summed E-state index contributed by atoms with van der Waals surface area (Å²) in [6, 6.07) is 15.4. The van der Waals surface area contributed by atoms with E-state index in [-0.39, 0.29) is 19.0 Å². The molecule has 0 aromatic heterocycles. The summed E-state index contributed by atoms with van der Waals surface area (Å²) in [5.74, 6) is 0.525. The van der Waals surface area contributed by atoms with Crippen LogP contribution < -0.4 is 15.4 Å². The van der Waals surface area contributed by atoms with Crippen molar-refractivity contribution in [2.45, 2.75) is 24.9 Å². The smallest absolute Gasteiger partial charge is 0.239 e. The summed E-state index contributed by atoms with van der Waals surface area (Å²) in [6.07, 6.45) is 2.55. The molecule has 0 spiro atoms. The highest BCUT2D eigenvalue weighted by molar-refractivity contribution is 5.81. The summed E-state index contributed by atoms with van der Waals surface area (Å²) in [5, 5.41) is 16.9. The number of aryl methyl sites for hydroxylation is 1. The molecule has 1 amide bonds. The Bertz CT molecular complexity index is 747. The number of benzene rings is 2. The summed E-state index contributed by atoms with van der Waals surface area (Å²) >= 11 is 0. The molecule has 2 aromatic rings. The molecular weight excluding hydrogens is 316 g/mol. The van der Waals surface area contributed by atoms with Crippen LogP contribution in [0.4, 0.5) is 5.69 Å².